The molecule has 2 heteroatoms. The molecule has 1 aliphatic carbocycles. The van der Waals surface area contributed by atoms with E-state index in [2.05, 4.69) is 51.8 Å². The van der Waals surface area contributed by atoms with E-state index in [0.29, 0.717) is 16.9 Å². The maximum atomic E-state index is 4.04. The van der Waals surface area contributed by atoms with Crippen LogP contribution in [0, 0.1) is 10.8 Å². The summed E-state index contributed by atoms with van der Waals surface area (Å²) in [6.07, 6.45) is 8.11. The fourth-order valence-corrected chi connectivity index (χ4v) is 5.10. The topological polar surface area (TPSA) is 15.3 Å². The summed E-state index contributed by atoms with van der Waals surface area (Å²) in [6.45, 7) is 17.0. The van der Waals surface area contributed by atoms with Crippen LogP contribution in [0.3, 0.4) is 0 Å². The van der Waals surface area contributed by atoms with Crippen LogP contribution >= 0.6 is 0 Å². The molecule has 2 rings (SSSR count). The molecule has 1 N–H and O–H groups in total. The van der Waals surface area contributed by atoms with Crippen LogP contribution in [-0.2, 0) is 0 Å². The minimum absolute atomic E-state index is 0.494. The molecule has 1 unspecified atom stereocenters. The molecule has 1 aliphatic heterocycles. The summed E-state index contributed by atoms with van der Waals surface area (Å²) in [7, 11) is 0. The Kier molecular flexibility index (Phi) is 5.41. The fraction of sp³-hybridized carbons (Fsp3) is 1.00. The Bertz CT molecular complexity index is 316. The van der Waals surface area contributed by atoms with Gasteiger partial charge in [0.05, 0.1) is 0 Å². The van der Waals surface area contributed by atoms with Crippen LogP contribution in [0.4, 0.5) is 0 Å². The molecule has 1 saturated carbocycles. The number of nitrogens with one attached hydrogen (secondary N) is 1. The lowest BCUT2D eigenvalue weighted by atomic mass is 9.63. The van der Waals surface area contributed by atoms with Crippen LogP contribution in [0.15, 0.2) is 0 Å². The van der Waals surface area contributed by atoms with Gasteiger partial charge >= 0.3 is 0 Å². The van der Waals surface area contributed by atoms with Crippen LogP contribution in [-0.4, -0.2) is 36.1 Å². The quantitative estimate of drug-likeness (QED) is 0.827. The van der Waals surface area contributed by atoms with Gasteiger partial charge in [0, 0.05) is 18.1 Å². The Balaban J connectivity index is 1.89. The predicted molar refractivity (Wildman–Crippen MR) is 92.7 cm³/mol. The van der Waals surface area contributed by atoms with Crippen LogP contribution in [0.1, 0.15) is 80.1 Å². The summed E-state index contributed by atoms with van der Waals surface area (Å²) in [5, 5.41) is 4.04. The van der Waals surface area contributed by atoms with Gasteiger partial charge in [-0.25, -0.2) is 0 Å². The smallest absolute Gasteiger partial charge is 0.00823 e. The molecule has 124 valence electrons. The van der Waals surface area contributed by atoms with Gasteiger partial charge in [0.1, 0.15) is 0 Å². The van der Waals surface area contributed by atoms with E-state index < -0.39 is 0 Å². The van der Waals surface area contributed by atoms with E-state index in [0.717, 1.165) is 12.1 Å². The van der Waals surface area contributed by atoms with Crippen molar-refractivity contribution in [1.82, 2.24) is 10.2 Å². The maximum absolute atomic E-state index is 4.04. The number of hydrogen-bond acceptors (Lipinski definition) is 2. The van der Waals surface area contributed by atoms with Crippen molar-refractivity contribution in [3.05, 3.63) is 0 Å². The third-order valence-electron chi connectivity index (χ3n) is 5.52. The molecular formula is C19H38N2. The van der Waals surface area contributed by atoms with Gasteiger partial charge in [0.15, 0.2) is 0 Å². The van der Waals surface area contributed by atoms with Crippen molar-refractivity contribution >= 4 is 0 Å². The van der Waals surface area contributed by atoms with E-state index in [1.165, 1.54) is 51.6 Å². The van der Waals surface area contributed by atoms with Gasteiger partial charge < -0.3 is 10.2 Å². The van der Waals surface area contributed by atoms with Crippen molar-refractivity contribution in [3.8, 4) is 0 Å². The first-order chi connectivity index (χ1) is 9.67. The predicted octanol–water partition coefficient (Wildman–Crippen LogP) is 4.44. The second-order valence-electron chi connectivity index (χ2n) is 9.53. The average Bonchev–Trinajstić information content (AvgIpc) is 2.50. The molecule has 2 nitrogen and oxygen atoms in total. The molecule has 0 amide bonds. The van der Waals surface area contributed by atoms with Crippen LogP contribution in [0.25, 0.3) is 0 Å². The summed E-state index contributed by atoms with van der Waals surface area (Å²) in [4.78, 5) is 2.65. The maximum Gasteiger partial charge on any atom is 0.00823 e. The lowest BCUT2D eigenvalue weighted by Crippen LogP contribution is -2.47. The minimum atomic E-state index is 0.494. The van der Waals surface area contributed by atoms with Crippen molar-refractivity contribution in [2.24, 2.45) is 10.8 Å². The second-order valence-corrected chi connectivity index (χ2v) is 9.53. The van der Waals surface area contributed by atoms with Gasteiger partial charge in [-0.15, -0.1) is 0 Å². The first kappa shape index (κ1) is 17.3. The molecule has 1 atom stereocenters. The summed E-state index contributed by atoms with van der Waals surface area (Å²) >= 11 is 0. The number of likely N-dealkylation sites (tertiary alicyclic amines) is 1. The van der Waals surface area contributed by atoms with Crippen LogP contribution < -0.4 is 5.32 Å². The third kappa shape index (κ3) is 5.25. The Hall–Kier alpha value is -0.0800. The molecule has 21 heavy (non-hydrogen) atoms. The Morgan fingerprint density at radius 3 is 2.10 bits per heavy atom. The molecule has 2 aliphatic rings. The van der Waals surface area contributed by atoms with Crippen molar-refractivity contribution < 1.29 is 0 Å². The lowest BCUT2D eigenvalue weighted by Gasteiger charge is -2.46. The van der Waals surface area contributed by atoms with Crippen LogP contribution in [0.2, 0.25) is 0 Å². The van der Waals surface area contributed by atoms with Crippen molar-refractivity contribution in [1.29, 1.82) is 0 Å². The lowest BCUT2D eigenvalue weighted by molar-refractivity contribution is 0.0791. The van der Waals surface area contributed by atoms with Gasteiger partial charge in [-0.3, -0.25) is 0 Å². The highest BCUT2D eigenvalue weighted by Crippen LogP contribution is 2.45. The molecule has 0 bridgehead atoms. The number of hydrogen-bond donors (Lipinski definition) is 1. The Labute approximate surface area is 133 Å². The molecule has 0 aromatic heterocycles. The zero-order chi connectivity index (χ0) is 15.7. The van der Waals surface area contributed by atoms with Gasteiger partial charge in [0.25, 0.3) is 0 Å². The van der Waals surface area contributed by atoms with E-state index in [4.69, 9.17) is 0 Å². The highest BCUT2D eigenvalue weighted by atomic mass is 15.2. The monoisotopic (exact) mass is 294 g/mol. The minimum Gasteiger partial charge on any atom is -0.311 e. The molecule has 0 spiro atoms. The number of rotatable bonds is 3. The third-order valence-corrected chi connectivity index (χ3v) is 5.52. The first-order valence-corrected chi connectivity index (χ1v) is 9.17. The highest BCUT2D eigenvalue weighted by Gasteiger charge is 2.38. The van der Waals surface area contributed by atoms with Crippen LogP contribution in [0.5, 0.6) is 0 Å². The van der Waals surface area contributed by atoms with E-state index in [1.807, 2.05) is 0 Å². The molecule has 0 radical (unpaired) electrons. The van der Waals surface area contributed by atoms with Crippen molar-refractivity contribution in [3.63, 3.8) is 0 Å². The van der Waals surface area contributed by atoms with E-state index in [-0.39, 0.29) is 0 Å². The van der Waals surface area contributed by atoms with Gasteiger partial charge in [0.2, 0.25) is 0 Å². The van der Waals surface area contributed by atoms with E-state index >= 15 is 0 Å². The Morgan fingerprint density at radius 1 is 0.905 bits per heavy atom. The SMILES string of the molecule is CC(C)N1CCCC(NC2CC(C)(C)CC(C)(C)C2)CC1. The zero-order valence-electron chi connectivity index (χ0n) is 15.3. The van der Waals surface area contributed by atoms with Crippen molar-refractivity contribution in [2.45, 2.75) is 98.2 Å². The fourth-order valence-electron chi connectivity index (χ4n) is 5.10. The van der Waals surface area contributed by atoms with Gasteiger partial charge in [-0.1, -0.05) is 27.7 Å². The van der Waals surface area contributed by atoms with E-state index in [9.17, 15) is 0 Å². The number of nitrogens with zero attached hydrogens (tertiary/aromatic N) is 1. The summed E-state index contributed by atoms with van der Waals surface area (Å²) < 4.78 is 0. The van der Waals surface area contributed by atoms with Gasteiger partial charge in [-0.2, -0.15) is 0 Å². The molecular weight excluding hydrogens is 256 g/mol. The van der Waals surface area contributed by atoms with Crippen molar-refractivity contribution in [2.75, 3.05) is 13.1 Å². The summed E-state index contributed by atoms with van der Waals surface area (Å²) in [6, 6.07) is 2.17. The van der Waals surface area contributed by atoms with Gasteiger partial charge in [-0.05, 0) is 76.3 Å². The Morgan fingerprint density at radius 2 is 1.52 bits per heavy atom. The first-order valence-electron chi connectivity index (χ1n) is 9.17. The zero-order valence-corrected chi connectivity index (χ0v) is 15.3. The second kappa shape index (κ2) is 6.58. The average molecular weight is 295 g/mol. The standard InChI is InChI=1S/C19H38N2/c1-15(2)21-10-7-8-16(9-11-21)20-17-12-18(3,4)14-19(5,6)13-17/h15-17,20H,7-14H2,1-6H3. The molecule has 1 saturated heterocycles. The molecule has 1 heterocycles. The summed E-state index contributed by atoms with van der Waals surface area (Å²) in [5.74, 6) is 0. The molecule has 0 aromatic rings. The highest BCUT2D eigenvalue weighted by molar-refractivity contribution is 4.93. The molecule has 0 aromatic carbocycles. The summed E-state index contributed by atoms with van der Waals surface area (Å²) in [5.41, 5.74) is 0.988. The normalized spacial score (nSPS) is 31.3. The molecule has 2 fully saturated rings. The van der Waals surface area contributed by atoms with E-state index in [1.54, 1.807) is 0 Å². The largest absolute Gasteiger partial charge is 0.311 e.